The topological polar surface area (TPSA) is 52.6 Å². The maximum absolute atomic E-state index is 12.0. The average Bonchev–Trinajstić information content (AvgIpc) is 2.47. The van der Waals surface area contributed by atoms with E-state index in [-0.39, 0.29) is 12.5 Å². The summed E-state index contributed by atoms with van der Waals surface area (Å²) in [7, 11) is 0. The Morgan fingerprint density at radius 1 is 1.33 bits per heavy atom. The smallest absolute Gasteiger partial charge is 0.224 e. The zero-order valence-corrected chi connectivity index (χ0v) is 13.0. The van der Waals surface area contributed by atoms with Crippen LogP contribution in [0.1, 0.15) is 33.1 Å². The molecule has 4 heteroatoms. The summed E-state index contributed by atoms with van der Waals surface area (Å²) in [5, 5.41) is 12.3. The number of aliphatic hydroxyl groups excluding tert-OH is 1. The van der Waals surface area contributed by atoms with Gasteiger partial charge in [-0.15, -0.1) is 0 Å². The van der Waals surface area contributed by atoms with Gasteiger partial charge in [-0.25, -0.2) is 0 Å². The lowest BCUT2D eigenvalue weighted by Gasteiger charge is -2.34. The number of aliphatic hydroxyl groups is 1. The van der Waals surface area contributed by atoms with Crippen LogP contribution in [0, 0.1) is 11.8 Å². The molecular formula is C17H26N2O2. The first-order valence-electron chi connectivity index (χ1n) is 7.85. The van der Waals surface area contributed by atoms with Crippen molar-refractivity contribution in [2.45, 2.75) is 33.1 Å². The molecule has 1 heterocycles. The third kappa shape index (κ3) is 4.46. The first-order valence-corrected chi connectivity index (χ1v) is 7.85. The molecule has 0 aromatic heterocycles. The summed E-state index contributed by atoms with van der Waals surface area (Å²) in [5.41, 5.74) is 1.98. The van der Waals surface area contributed by atoms with E-state index in [9.17, 15) is 9.90 Å². The molecule has 21 heavy (non-hydrogen) atoms. The number of benzene rings is 1. The van der Waals surface area contributed by atoms with Gasteiger partial charge >= 0.3 is 0 Å². The Morgan fingerprint density at radius 2 is 2.00 bits per heavy atom. The maximum atomic E-state index is 12.0. The Labute approximate surface area is 127 Å². The molecule has 1 aromatic carbocycles. The molecule has 0 atom stereocenters. The van der Waals surface area contributed by atoms with E-state index in [1.54, 1.807) is 0 Å². The highest BCUT2D eigenvalue weighted by atomic mass is 16.3. The van der Waals surface area contributed by atoms with Gasteiger partial charge in [-0.1, -0.05) is 26.0 Å². The fraction of sp³-hybridized carbons (Fsp3) is 0.588. The number of para-hydroxylation sites is 2. The zero-order valence-electron chi connectivity index (χ0n) is 13.0. The molecule has 1 amide bonds. The number of carbonyl (C=O) groups is 1. The summed E-state index contributed by atoms with van der Waals surface area (Å²) in [6.07, 6.45) is 2.55. The van der Waals surface area contributed by atoms with Gasteiger partial charge in [-0.3, -0.25) is 4.79 Å². The summed E-state index contributed by atoms with van der Waals surface area (Å²) < 4.78 is 0. The SMILES string of the molecule is CC(C)CC(=O)Nc1ccccc1N1CCC(CO)CC1. The molecule has 1 fully saturated rings. The van der Waals surface area contributed by atoms with Crippen molar-refractivity contribution in [3.05, 3.63) is 24.3 Å². The molecule has 1 aliphatic heterocycles. The fourth-order valence-corrected chi connectivity index (χ4v) is 2.78. The maximum Gasteiger partial charge on any atom is 0.224 e. The van der Waals surface area contributed by atoms with E-state index in [4.69, 9.17) is 0 Å². The van der Waals surface area contributed by atoms with Gasteiger partial charge in [0.25, 0.3) is 0 Å². The number of hydrogen-bond acceptors (Lipinski definition) is 3. The molecule has 1 saturated heterocycles. The van der Waals surface area contributed by atoms with Crippen LogP contribution in [0.15, 0.2) is 24.3 Å². The van der Waals surface area contributed by atoms with Crippen LogP contribution in [0.2, 0.25) is 0 Å². The molecule has 0 bridgehead atoms. The summed E-state index contributed by atoms with van der Waals surface area (Å²) in [6.45, 7) is 6.24. The summed E-state index contributed by atoms with van der Waals surface area (Å²) in [5.74, 6) is 0.851. The molecule has 0 saturated carbocycles. The number of piperidine rings is 1. The Kier molecular flexibility index (Phi) is 5.62. The van der Waals surface area contributed by atoms with Gasteiger partial charge in [-0.2, -0.15) is 0 Å². The highest BCUT2D eigenvalue weighted by Crippen LogP contribution is 2.29. The molecular weight excluding hydrogens is 264 g/mol. The molecule has 0 unspecified atom stereocenters. The Morgan fingerprint density at radius 3 is 2.62 bits per heavy atom. The van der Waals surface area contributed by atoms with Crippen molar-refractivity contribution in [1.29, 1.82) is 0 Å². The second-order valence-corrected chi connectivity index (χ2v) is 6.28. The molecule has 0 aliphatic carbocycles. The normalized spacial score (nSPS) is 16.3. The van der Waals surface area contributed by atoms with Crippen LogP contribution in [0.3, 0.4) is 0 Å². The van der Waals surface area contributed by atoms with Gasteiger partial charge < -0.3 is 15.3 Å². The average molecular weight is 290 g/mol. The van der Waals surface area contributed by atoms with Crippen LogP contribution in [0.5, 0.6) is 0 Å². The minimum Gasteiger partial charge on any atom is -0.396 e. The van der Waals surface area contributed by atoms with E-state index in [0.717, 1.165) is 37.3 Å². The van der Waals surface area contributed by atoms with Crippen molar-refractivity contribution in [2.75, 3.05) is 29.9 Å². The number of nitrogens with one attached hydrogen (secondary N) is 1. The molecule has 0 spiro atoms. The van der Waals surface area contributed by atoms with E-state index < -0.39 is 0 Å². The largest absolute Gasteiger partial charge is 0.396 e. The van der Waals surface area contributed by atoms with Crippen molar-refractivity contribution in [1.82, 2.24) is 0 Å². The lowest BCUT2D eigenvalue weighted by atomic mass is 9.97. The molecule has 1 aromatic rings. The van der Waals surface area contributed by atoms with Gasteiger partial charge in [0.05, 0.1) is 11.4 Å². The third-order valence-corrected chi connectivity index (χ3v) is 3.99. The third-order valence-electron chi connectivity index (χ3n) is 3.99. The van der Waals surface area contributed by atoms with E-state index >= 15 is 0 Å². The molecule has 1 aliphatic rings. The van der Waals surface area contributed by atoms with E-state index in [1.165, 1.54) is 0 Å². The first kappa shape index (κ1) is 15.8. The summed E-state index contributed by atoms with van der Waals surface area (Å²) in [4.78, 5) is 14.3. The molecule has 2 N–H and O–H groups in total. The highest BCUT2D eigenvalue weighted by molar-refractivity contribution is 5.94. The van der Waals surface area contributed by atoms with Crippen molar-refractivity contribution < 1.29 is 9.90 Å². The van der Waals surface area contributed by atoms with Crippen molar-refractivity contribution >= 4 is 17.3 Å². The van der Waals surface area contributed by atoms with Crippen LogP contribution in [-0.4, -0.2) is 30.7 Å². The van der Waals surface area contributed by atoms with Crippen molar-refractivity contribution in [3.8, 4) is 0 Å². The summed E-state index contributed by atoms with van der Waals surface area (Å²) >= 11 is 0. The molecule has 116 valence electrons. The van der Waals surface area contributed by atoms with Gasteiger partial charge in [0.1, 0.15) is 0 Å². The van der Waals surface area contributed by atoms with E-state index in [2.05, 4.69) is 16.3 Å². The van der Waals surface area contributed by atoms with Gasteiger partial charge in [0.2, 0.25) is 5.91 Å². The fourth-order valence-electron chi connectivity index (χ4n) is 2.78. The minimum atomic E-state index is 0.0719. The summed E-state index contributed by atoms with van der Waals surface area (Å²) in [6, 6.07) is 7.98. The monoisotopic (exact) mass is 290 g/mol. The minimum absolute atomic E-state index is 0.0719. The molecule has 4 nitrogen and oxygen atoms in total. The van der Waals surface area contributed by atoms with Gasteiger partial charge in [-0.05, 0) is 36.8 Å². The number of carbonyl (C=O) groups excluding carboxylic acids is 1. The van der Waals surface area contributed by atoms with E-state index in [0.29, 0.717) is 18.3 Å². The number of rotatable bonds is 5. The van der Waals surface area contributed by atoms with Crippen LogP contribution in [0.25, 0.3) is 0 Å². The van der Waals surface area contributed by atoms with E-state index in [1.807, 2.05) is 32.0 Å². The number of nitrogens with zero attached hydrogens (tertiary/aromatic N) is 1. The van der Waals surface area contributed by atoms with Gasteiger partial charge in [0.15, 0.2) is 0 Å². The predicted octanol–water partition coefficient (Wildman–Crippen LogP) is 2.88. The molecule has 2 rings (SSSR count). The molecule has 0 radical (unpaired) electrons. The van der Waals surface area contributed by atoms with Crippen LogP contribution < -0.4 is 10.2 Å². The second-order valence-electron chi connectivity index (χ2n) is 6.28. The number of anilines is 2. The van der Waals surface area contributed by atoms with Crippen molar-refractivity contribution in [3.63, 3.8) is 0 Å². The second kappa shape index (κ2) is 7.46. The standard InChI is InChI=1S/C17H26N2O2/c1-13(2)11-17(21)18-15-5-3-4-6-16(15)19-9-7-14(12-20)8-10-19/h3-6,13-14,20H,7-12H2,1-2H3,(H,18,21). The predicted molar refractivity (Wildman–Crippen MR) is 86.5 cm³/mol. The zero-order chi connectivity index (χ0) is 15.2. The lowest BCUT2D eigenvalue weighted by Crippen LogP contribution is -2.35. The number of amides is 1. The Hall–Kier alpha value is -1.55. The van der Waals surface area contributed by atoms with Crippen molar-refractivity contribution in [2.24, 2.45) is 11.8 Å². The van der Waals surface area contributed by atoms with Crippen LogP contribution in [0.4, 0.5) is 11.4 Å². The lowest BCUT2D eigenvalue weighted by molar-refractivity contribution is -0.116. The Balaban J connectivity index is 2.05. The number of hydrogen-bond donors (Lipinski definition) is 2. The van der Waals surface area contributed by atoms with Crippen LogP contribution in [-0.2, 0) is 4.79 Å². The first-order chi connectivity index (χ1) is 10.1. The quantitative estimate of drug-likeness (QED) is 0.876. The highest BCUT2D eigenvalue weighted by Gasteiger charge is 2.20. The van der Waals surface area contributed by atoms with Crippen LogP contribution >= 0.6 is 0 Å². The van der Waals surface area contributed by atoms with Gasteiger partial charge in [0, 0.05) is 26.1 Å². The Bertz CT molecular complexity index is 466.